The minimum Gasteiger partial charge on any atom is -0.350 e. The summed E-state index contributed by atoms with van der Waals surface area (Å²) in [6, 6.07) is 23.0. The Hall–Kier alpha value is -3.27. The molecule has 0 saturated heterocycles. The molecule has 1 aromatic heterocycles. The average molecular weight is 385 g/mol. The molecule has 146 valence electrons. The molecule has 0 aliphatic carbocycles. The molecule has 0 fully saturated rings. The summed E-state index contributed by atoms with van der Waals surface area (Å²) >= 11 is 0. The van der Waals surface area contributed by atoms with E-state index in [9.17, 15) is 4.39 Å². The molecule has 3 nitrogen and oxygen atoms in total. The highest BCUT2D eigenvalue weighted by molar-refractivity contribution is 5.96. The van der Waals surface area contributed by atoms with Gasteiger partial charge in [-0.15, -0.1) is 0 Å². The second-order valence-corrected chi connectivity index (χ2v) is 8.19. The lowest BCUT2D eigenvalue weighted by Crippen LogP contribution is -2.16. The first-order valence-electron chi connectivity index (χ1n) is 9.77. The van der Waals surface area contributed by atoms with Crippen molar-refractivity contribution in [2.75, 3.05) is 5.32 Å². The van der Waals surface area contributed by atoms with Gasteiger partial charge in [0.1, 0.15) is 5.82 Å². The van der Waals surface area contributed by atoms with Crippen LogP contribution in [0.25, 0.3) is 22.0 Å². The third kappa shape index (κ3) is 4.11. The summed E-state index contributed by atoms with van der Waals surface area (Å²) < 4.78 is 14.3. The van der Waals surface area contributed by atoms with Crippen LogP contribution in [0.5, 0.6) is 0 Å². The van der Waals surface area contributed by atoms with Crippen molar-refractivity contribution in [2.24, 2.45) is 0 Å². The van der Waals surface area contributed by atoms with E-state index in [1.54, 1.807) is 12.1 Å². The fourth-order valence-electron chi connectivity index (χ4n) is 3.31. The summed E-state index contributed by atoms with van der Waals surface area (Å²) in [5.74, 6) is 0.349. The van der Waals surface area contributed by atoms with Crippen molar-refractivity contribution in [3.8, 4) is 11.3 Å². The van der Waals surface area contributed by atoms with Crippen molar-refractivity contribution in [3.05, 3.63) is 89.9 Å². The minimum atomic E-state index is -0.225. The fraction of sp³-hybridized carbons (Fsp3) is 0.200. The van der Waals surface area contributed by atoms with Gasteiger partial charge in [0.25, 0.3) is 0 Å². The van der Waals surface area contributed by atoms with Crippen molar-refractivity contribution in [1.29, 1.82) is 0 Å². The first kappa shape index (κ1) is 19.1. The lowest BCUT2D eigenvalue weighted by atomic mass is 9.90. The third-order valence-corrected chi connectivity index (χ3v) is 4.93. The van der Waals surface area contributed by atoms with E-state index < -0.39 is 0 Å². The Kier molecular flexibility index (Phi) is 5.01. The molecule has 0 unspecified atom stereocenters. The third-order valence-electron chi connectivity index (χ3n) is 4.93. The second kappa shape index (κ2) is 7.63. The number of nitrogens with one attached hydrogen (secondary N) is 1. The summed E-state index contributed by atoms with van der Waals surface area (Å²) in [5, 5.41) is 4.79. The van der Waals surface area contributed by atoms with Crippen molar-refractivity contribution < 1.29 is 4.39 Å². The zero-order valence-electron chi connectivity index (χ0n) is 16.9. The predicted molar refractivity (Wildman–Crippen MR) is 117 cm³/mol. The van der Waals surface area contributed by atoms with E-state index in [1.165, 1.54) is 6.07 Å². The number of hydrogen-bond donors (Lipinski definition) is 1. The standard InChI is InChI=1S/C25H24FN3/c1-25(2,3)23-15-22(20-13-14-21(26)19-12-8-7-11-18(19)20)28-24(29-23)27-16-17-9-5-4-6-10-17/h4-15H,16H2,1-3H3,(H,27,28,29). The largest absolute Gasteiger partial charge is 0.350 e. The number of aromatic nitrogens is 2. The molecule has 3 aromatic carbocycles. The summed E-state index contributed by atoms with van der Waals surface area (Å²) in [4.78, 5) is 9.51. The number of benzene rings is 3. The van der Waals surface area contributed by atoms with Crippen LogP contribution in [0.3, 0.4) is 0 Å². The zero-order chi connectivity index (χ0) is 20.4. The molecule has 0 bridgehead atoms. The van der Waals surface area contributed by atoms with E-state index in [2.05, 4.69) is 38.2 Å². The maximum Gasteiger partial charge on any atom is 0.223 e. The van der Waals surface area contributed by atoms with E-state index in [4.69, 9.17) is 9.97 Å². The molecule has 29 heavy (non-hydrogen) atoms. The van der Waals surface area contributed by atoms with Gasteiger partial charge in [0, 0.05) is 22.9 Å². The molecule has 0 amide bonds. The molecule has 4 heteroatoms. The SMILES string of the molecule is CC(C)(C)c1cc(-c2ccc(F)c3ccccc23)nc(NCc2ccccc2)n1. The van der Waals surface area contributed by atoms with Gasteiger partial charge in [-0.25, -0.2) is 14.4 Å². The van der Waals surface area contributed by atoms with Crippen LogP contribution in [0, 0.1) is 5.82 Å². The van der Waals surface area contributed by atoms with Gasteiger partial charge in [-0.1, -0.05) is 75.4 Å². The molecule has 0 aliphatic rings. The van der Waals surface area contributed by atoms with Crippen molar-refractivity contribution >= 4 is 16.7 Å². The average Bonchev–Trinajstić information content (AvgIpc) is 2.73. The summed E-state index contributed by atoms with van der Waals surface area (Å²) in [6.07, 6.45) is 0. The van der Waals surface area contributed by atoms with Crippen LogP contribution in [-0.4, -0.2) is 9.97 Å². The van der Waals surface area contributed by atoms with Gasteiger partial charge in [0.05, 0.1) is 11.4 Å². The number of nitrogens with zero attached hydrogens (tertiary/aromatic N) is 2. The Morgan fingerprint density at radius 1 is 0.828 bits per heavy atom. The molecule has 0 aliphatic heterocycles. The van der Waals surface area contributed by atoms with Crippen LogP contribution in [0.4, 0.5) is 10.3 Å². The summed E-state index contributed by atoms with van der Waals surface area (Å²) in [5.41, 5.74) is 3.64. The first-order chi connectivity index (χ1) is 13.9. The van der Waals surface area contributed by atoms with Crippen molar-refractivity contribution in [2.45, 2.75) is 32.7 Å². The molecule has 0 radical (unpaired) electrons. The fourth-order valence-corrected chi connectivity index (χ4v) is 3.31. The minimum absolute atomic E-state index is 0.142. The smallest absolute Gasteiger partial charge is 0.223 e. The molecule has 0 spiro atoms. The van der Waals surface area contributed by atoms with Crippen molar-refractivity contribution in [1.82, 2.24) is 9.97 Å². The Morgan fingerprint density at radius 3 is 2.24 bits per heavy atom. The van der Waals surface area contributed by atoms with Crippen LogP contribution < -0.4 is 5.32 Å². The number of halogens is 1. The van der Waals surface area contributed by atoms with Crippen LogP contribution in [0.2, 0.25) is 0 Å². The topological polar surface area (TPSA) is 37.8 Å². The Bertz CT molecular complexity index is 1150. The molecular formula is C25H24FN3. The highest BCUT2D eigenvalue weighted by Crippen LogP contribution is 2.32. The normalized spacial score (nSPS) is 11.6. The van der Waals surface area contributed by atoms with Gasteiger partial charge >= 0.3 is 0 Å². The second-order valence-electron chi connectivity index (χ2n) is 8.19. The highest BCUT2D eigenvalue weighted by atomic mass is 19.1. The van der Waals surface area contributed by atoms with Crippen LogP contribution >= 0.6 is 0 Å². The maximum absolute atomic E-state index is 14.3. The van der Waals surface area contributed by atoms with Gasteiger partial charge in [-0.2, -0.15) is 0 Å². The lowest BCUT2D eigenvalue weighted by Gasteiger charge is -2.20. The predicted octanol–water partition coefficient (Wildman–Crippen LogP) is 6.35. The van der Waals surface area contributed by atoms with E-state index >= 15 is 0 Å². The maximum atomic E-state index is 14.3. The van der Waals surface area contributed by atoms with E-state index in [0.29, 0.717) is 17.9 Å². The van der Waals surface area contributed by atoms with Gasteiger partial charge in [-0.05, 0) is 29.1 Å². The van der Waals surface area contributed by atoms with Gasteiger partial charge in [-0.3, -0.25) is 0 Å². The van der Waals surface area contributed by atoms with Crippen LogP contribution in [0.1, 0.15) is 32.0 Å². The van der Waals surface area contributed by atoms with Gasteiger partial charge < -0.3 is 5.32 Å². The first-order valence-corrected chi connectivity index (χ1v) is 9.77. The van der Waals surface area contributed by atoms with Crippen molar-refractivity contribution in [3.63, 3.8) is 0 Å². The number of rotatable bonds is 4. The van der Waals surface area contributed by atoms with Crippen LogP contribution in [0.15, 0.2) is 72.8 Å². The van der Waals surface area contributed by atoms with Crippen LogP contribution in [-0.2, 0) is 12.0 Å². The van der Waals surface area contributed by atoms with Gasteiger partial charge in [0.2, 0.25) is 5.95 Å². The molecular weight excluding hydrogens is 361 g/mol. The number of hydrogen-bond acceptors (Lipinski definition) is 3. The van der Waals surface area contributed by atoms with E-state index in [0.717, 1.165) is 27.9 Å². The molecule has 4 rings (SSSR count). The quantitative estimate of drug-likeness (QED) is 0.445. The van der Waals surface area contributed by atoms with Gasteiger partial charge in [0.15, 0.2) is 0 Å². The highest BCUT2D eigenvalue weighted by Gasteiger charge is 2.19. The molecule has 1 N–H and O–H groups in total. The Morgan fingerprint density at radius 2 is 1.52 bits per heavy atom. The summed E-state index contributed by atoms with van der Waals surface area (Å²) in [7, 11) is 0. The summed E-state index contributed by atoms with van der Waals surface area (Å²) in [6.45, 7) is 7.02. The Balaban J connectivity index is 1.80. The van der Waals surface area contributed by atoms with E-state index in [-0.39, 0.29) is 11.2 Å². The number of fused-ring (bicyclic) bond motifs is 1. The van der Waals surface area contributed by atoms with E-state index in [1.807, 2.05) is 42.5 Å². The molecule has 0 atom stereocenters. The molecule has 1 heterocycles. The monoisotopic (exact) mass is 385 g/mol. The zero-order valence-corrected chi connectivity index (χ0v) is 16.9. The Labute approximate surface area is 170 Å². The molecule has 0 saturated carbocycles. The molecule has 4 aromatic rings. The number of anilines is 1. The lowest BCUT2D eigenvalue weighted by molar-refractivity contribution is 0.568.